The average molecular weight is 312 g/mol. The second kappa shape index (κ2) is 7.49. The van der Waals surface area contributed by atoms with E-state index in [0.717, 1.165) is 23.1 Å². The summed E-state index contributed by atoms with van der Waals surface area (Å²) in [5.74, 6) is 0.167. The molecule has 2 N–H and O–H groups in total. The molecule has 0 aliphatic rings. The largest absolute Gasteiger partial charge is 0.341 e. The zero-order chi connectivity index (χ0) is 16.2. The third-order valence-corrected chi connectivity index (χ3v) is 4.18. The van der Waals surface area contributed by atoms with Gasteiger partial charge in [0.2, 0.25) is 5.91 Å². The van der Waals surface area contributed by atoms with E-state index in [1.807, 2.05) is 13.8 Å². The van der Waals surface area contributed by atoms with Gasteiger partial charge in [0.1, 0.15) is 0 Å². The number of nitrogens with one attached hydrogen (secondary N) is 2. The number of carbonyl (C=O) groups is 2. The number of rotatable bonds is 5. The van der Waals surface area contributed by atoms with Gasteiger partial charge in [0.05, 0.1) is 10.9 Å². The maximum Gasteiger partial charge on any atom is 0.321 e. The summed E-state index contributed by atoms with van der Waals surface area (Å²) in [6.45, 7) is 10.9. The van der Waals surface area contributed by atoms with Crippen molar-refractivity contribution in [2.45, 2.75) is 51.6 Å². The van der Waals surface area contributed by atoms with Crippen molar-refractivity contribution < 1.29 is 9.59 Å². The molecule has 21 heavy (non-hydrogen) atoms. The minimum Gasteiger partial charge on any atom is -0.341 e. The van der Waals surface area contributed by atoms with Gasteiger partial charge in [-0.1, -0.05) is 25.6 Å². The summed E-state index contributed by atoms with van der Waals surface area (Å²) in [7, 11) is 1.47. The van der Waals surface area contributed by atoms with Gasteiger partial charge in [-0.3, -0.25) is 10.1 Å². The van der Waals surface area contributed by atoms with Gasteiger partial charge in [0.15, 0.2) is 5.16 Å². The van der Waals surface area contributed by atoms with Crippen LogP contribution in [0.1, 0.15) is 32.2 Å². The monoisotopic (exact) mass is 312 g/mol. The number of aryl methyl sites for hydroxylation is 1. The molecule has 0 aliphatic heterocycles. The number of hydrogen-bond donors (Lipinski definition) is 2. The first-order valence-corrected chi connectivity index (χ1v) is 7.87. The van der Waals surface area contributed by atoms with Gasteiger partial charge in [0.25, 0.3) is 0 Å². The summed E-state index contributed by atoms with van der Waals surface area (Å²) in [6, 6.07) is -0.495. The van der Waals surface area contributed by atoms with Crippen LogP contribution in [0.5, 0.6) is 0 Å². The van der Waals surface area contributed by atoms with Crippen molar-refractivity contribution in [2.24, 2.45) is 5.92 Å². The topological polar surface area (TPSA) is 76.0 Å². The fourth-order valence-electron chi connectivity index (χ4n) is 1.78. The Balaban J connectivity index is 2.84. The highest BCUT2D eigenvalue weighted by molar-refractivity contribution is 8.00. The molecule has 0 aromatic carbocycles. The predicted molar refractivity (Wildman–Crippen MR) is 84.5 cm³/mol. The molecule has 0 fully saturated rings. The molecule has 6 nitrogen and oxygen atoms in total. The van der Waals surface area contributed by atoms with E-state index in [1.165, 1.54) is 18.8 Å². The van der Waals surface area contributed by atoms with E-state index in [-0.39, 0.29) is 5.91 Å². The maximum atomic E-state index is 11.9. The van der Waals surface area contributed by atoms with Crippen LogP contribution in [0.25, 0.3) is 0 Å². The molecule has 118 valence electrons. The van der Waals surface area contributed by atoms with Crippen molar-refractivity contribution in [3.8, 4) is 0 Å². The molecular weight excluding hydrogens is 288 g/mol. The van der Waals surface area contributed by atoms with Gasteiger partial charge >= 0.3 is 6.03 Å². The molecule has 1 atom stereocenters. The molecule has 0 unspecified atom stereocenters. The smallest absolute Gasteiger partial charge is 0.321 e. The van der Waals surface area contributed by atoms with Gasteiger partial charge in [-0.05, 0) is 26.7 Å². The normalized spacial score (nSPS) is 12.3. The molecular formula is C14H24N4O2S. The number of imide groups is 1. The number of aromatic nitrogens is 2. The molecule has 7 heteroatoms. The number of amides is 3. The Morgan fingerprint density at radius 3 is 2.43 bits per heavy atom. The number of imidazole rings is 1. The van der Waals surface area contributed by atoms with Crippen molar-refractivity contribution in [3.63, 3.8) is 0 Å². The minimum atomic E-state index is -0.495. The Hall–Kier alpha value is -1.50. The van der Waals surface area contributed by atoms with Crippen molar-refractivity contribution >= 4 is 23.7 Å². The average Bonchev–Trinajstić information content (AvgIpc) is 2.65. The third-order valence-electron chi connectivity index (χ3n) is 3.09. The molecule has 0 bridgehead atoms. The predicted octanol–water partition coefficient (Wildman–Crippen LogP) is 2.09. The summed E-state index contributed by atoms with van der Waals surface area (Å²) in [5.41, 5.74) is 2.09. The molecule has 0 radical (unpaired) electrons. The quantitative estimate of drug-likeness (QED) is 0.816. The van der Waals surface area contributed by atoms with E-state index in [1.54, 1.807) is 6.92 Å². The Morgan fingerprint density at radius 1 is 1.29 bits per heavy atom. The van der Waals surface area contributed by atoms with E-state index < -0.39 is 11.3 Å². The van der Waals surface area contributed by atoms with Crippen LogP contribution in [-0.2, 0) is 11.3 Å². The molecule has 1 rings (SSSR count). The fraction of sp³-hybridized carbons (Fsp3) is 0.643. The van der Waals surface area contributed by atoms with E-state index >= 15 is 0 Å². The van der Waals surface area contributed by atoms with Crippen LogP contribution in [0.15, 0.2) is 5.16 Å². The maximum absolute atomic E-state index is 11.9. The summed E-state index contributed by atoms with van der Waals surface area (Å²) in [4.78, 5) is 27.6. The van der Waals surface area contributed by atoms with Crippen LogP contribution in [0, 0.1) is 19.8 Å². The first kappa shape index (κ1) is 17.6. The third kappa shape index (κ3) is 4.77. The number of carbonyl (C=O) groups excluding carboxylic acids is 2. The number of nitrogens with zero attached hydrogens (tertiary/aromatic N) is 2. The highest BCUT2D eigenvalue weighted by Gasteiger charge is 2.21. The van der Waals surface area contributed by atoms with Crippen LogP contribution < -0.4 is 10.6 Å². The van der Waals surface area contributed by atoms with Gasteiger partial charge in [-0.25, -0.2) is 9.78 Å². The molecule has 1 heterocycles. The Bertz CT molecular complexity index is 525. The zero-order valence-electron chi connectivity index (χ0n) is 13.5. The molecule has 0 aliphatic carbocycles. The van der Waals surface area contributed by atoms with E-state index in [9.17, 15) is 9.59 Å². The lowest BCUT2D eigenvalue weighted by atomic mass is 10.2. The molecule has 0 saturated carbocycles. The summed E-state index contributed by atoms with van der Waals surface area (Å²) >= 11 is 1.37. The van der Waals surface area contributed by atoms with E-state index in [4.69, 9.17) is 0 Å². The highest BCUT2D eigenvalue weighted by atomic mass is 32.2. The van der Waals surface area contributed by atoms with Gasteiger partial charge in [-0.2, -0.15) is 0 Å². The molecule has 0 saturated heterocycles. The van der Waals surface area contributed by atoms with Gasteiger partial charge < -0.3 is 9.88 Å². The number of hydrogen-bond acceptors (Lipinski definition) is 4. The SMILES string of the molecule is CNC(=O)NC(=O)[C@H](C)Sc1nc(C)c(C)n1CC(C)C. The Labute approximate surface area is 130 Å². The Morgan fingerprint density at radius 2 is 1.90 bits per heavy atom. The first-order chi connectivity index (χ1) is 9.76. The lowest BCUT2D eigenvalue weighted by molar-refractivity contribution is -0.119. The minimum absolute atomic E-state index is 0.325. The van der Waals surface area contributed by atoms with Crippen molar-refractivity contribution in [1.29, 1.82) is 0 Å². The van der Waals surface area contributed by atoms with Crippen molar-refractivity contribution in [3.05, 3.63) is 11.4 Å². The lowest BCUT2D eigenvalue weighted by Crippen LogP contribution is -2.41. The lowest BCUT2D eigenvalue weighted by Gasteiger charge is -2.15. The number of urea groups is 1. The van der Waals surface area contributed by atoms with Crippen LogP contribution in [-0.4, -0.2) is 33.8 Å². The van der Waals surface area contributed by atoms with Crippen molar-refractivity contribution in [1.82, 2.24) is 20.2 Å². The van der Waals surface area contributed by atoms with E-state index in [2.05, 4.69) is 34.0 Å². The summed E-state index contributed by atoms with van der Waals surface area (Å²) < 4.78 is 2.13. The molecule has 1 aromatic rings. The highest BCUT2D eigenvalue weighted by Crippen LogP contribution is 2.26. The molecule has 0 spiro atoms. The molecule has 1 aromatic heterocycles. The second-order valence-electron chi connectivity index (χ2n) is 5.40. The zero-order valence-corrected chi connectivity index (χ0v) is 14.3. The van der Waals surface area contributed by atoms with Crippen LogP contribution in [0.2, 0.25) is 0 Å². The standard InChI is InChI=1S/C14H24N4O2S/c1-8(2)7-18-10(4)9(3)16-14(18)21-11(5)12(19)17-13(20)15-6/h8,11H,7H2,1-6H3,(H2,15,17,19,20)/t11-/m0/s1. The summed E-state index contributed by atoms with van der Waals surface area (Å²) in [5, 5.41) is 5.07. The van der Waals surface area contributed by atoms with E-state index in [0.29, 0.717) is 5.92 Å². The first-order valence-electron chi connectivity index (χ1n) is 6.99. The Kier molecular flexibility index (Phi) is 6.26. The molecule has 3 amide bonds. The van der Waals surface area contributed by atoms with Gasteiger partial charge in [-0.15, -0.1) is 0 Å². The summed E-state index contributed by atoms with van der Waals surface area (Å²) in [6.07, 6.45) is 0. The fourth-order valence-corrected chi connectivity index (χ4v) is 2.79. The van der Waals surface area contributed by atoms with Crippen LogP contribution >= 0.6 is 11.8 Å². The van der Waals surface area contributed by atoms with Crippen molar-refractivity contribution in [2.75, 3.05) is 7.05 Å². The van der Waals surface area contributed by atoms with Gasteiger partial charge in [0, 0.05) is 19.3 Å². The number of thioether (sulfide) groups is 1. The van der Waals surface area contributed by atoms with Crippen LogP contribution in [0.3, 0.4) is 0 Å². The second-order valence-corrected chi connectivity index (χ2v) is 6.71. The van der Waals surface area contributed by atoms with Crippen LogP contribution in [0.4, 0.5) is 4.79 Å².